The summed E-state index contributed by atoms with van der Waals surface area (Å²) >= 11 is 0. The van der Waals surface area contributed by atoms with Gasteiger partial charge in [-0.1, -0.05) is 18.2 Å². The Balaban J connectivity index is 0.000000579. The fourth-order valence-electron chi connectivity index (χ4n) is 4.79. The highest BCUT2D eigenvalue weighted by atomic mass is 31.2. The zero-order valence-electron chi connectivity index (χ0n) is 26.3. The van der Waals surface area contributed by atoms with Crippen molar-refractivity contribution in [2.75, 3.05) is 46.0 Å². The van der Waals surface area contributed by atoms with Crippen molar-refractivity contribution in [3.63, 3.8) is 0 Å². The largest absolute Gasteiger partial charge is 0.756 e. The summed E-state index contributed by atoms with van der Waals surface area (Å²) in [5, 5.41) is 29.8. The maximum absolute atomic E-state index is 13.6. The minimum absolute atomic E-state index is 0.00282. The molecule has 2 amide bonds. The topological polar surface area (TPSA) is 264 Å². The quantitative estimate of drug-likeness (QED) is 0.0672. The van der Waals surface area contributed by atoms with E-state index in [4.69, 9.17) is 20.2 Å². The summed E-state index contributed by atoms with van der Waals surface area (Å²) in [6.07, 6.45) is 4.19. The van der Waals surface area contributed by atoms with Crippen molar-refractivity contribution >= 4 is 36.3 Å². The molecule has 0 radical (unpaired) electrons. The van der Waals surface area contributed by atoms with E-state index in [0.29, 0.717) is 22.3 Å². The number of piperazine rings is 1. The van der Waals surface area contributed by atoms with Crippen LogP contribution >= 0.6 is 7.82 Å². The van der Waals surface area contributed by atoms with Gasteiger partial charge in [-0.05, 0) is 31.5 Å². The number of aryl methyl sites for hydroxylation is 2. The van der Waals surface area contributed by atoms with Crippen LogP contribution in [-0.2, 0) is 20.6 Å². The molecule has 7 N–H and O–H groups in total. The summed E-state index contributed by atoms with van der Waals surface area (Å²) in [6.45, 7) is 2.66. The number of aliphatic hydroxyl groups is 3. The summed E-state index contributed by atoms with van der Waals surface area (Å²) in [4.78, 5) is 71.7. The van der Waals surface area contributed by atoms with Crippen LogP contribution < -0.4 is 10.6 Å². The van der Waals surface area contributed by atoms with Crippen molar-refractivity contribution < 1.29 is 54.3 Å². The van der Waals surface area contributed by atoms with Gasteiger partial charge in [0.25, 0.3) is 25.4 Å². The molecule has 0 saturated carbocycles. The molecule has 48 heavy (non-hydrogen) atoms. The van der Waals surface area contributed by atoms with E-state index in [0.717, 1.165) is 0 Å². The number of hydrogen-bond acceptors (Lipinski definition) is 12. The Morgan fingerprint density at radius 2 is 1.60 bits per heavy atom. The Kier molecular flexibility index (Phi) is 11.6. The average Bonchev–Trinajstić information content (AvgIpc) is 3.71. The van der Waals surface area contributed by atoms with E-state index in [-0.39, 0.29) is 68.8 Å². The van der Waals surface area contributed by atoms with Gasteiger partial charge in [-0.25, -0.2) is 14.6 Å². The van der Waals surface area contributed by atoms with Gasteiger partial charge in [0.1, 0.15) is 38.7 Å². The predicted molar refractivity (Wildman–Crippen MR) is 165 cm³/mol. The van der Waals surface area contributed by atoms with E-state index in [2.05, 4.69) is 25.3 Å². The number of nitrogens with zero attached hydrogens (tertiary/aromatic N) is 7. The lowest BCUT2D eigenvalue weighted by molar-refractivity contribution is -0.494. The Morgan fingerprint density at radius 1 is 1.00 bits per heavy atom. The molecule has 0 bridgehead atoms. The number of fused-ring (bicyclic) bond motifs is 1. The fraction of sp³-hybridized carbons (Fsp3) is 0.379. The highest BCUT2D eigenvalue weighted by Crippen LogP contribution is 2.34. The normalized spacial score (nSPS) is 14.8. The second-order valence-electron chi connectivity index (χ2n) is 11.2. The van der Waals surface area contributed by atoms with Crippen molar-refractivity contribution in [2.24, 2.45) is 0 Å². The number of benzene rings is 1. The SMILES string of the molecule is Cc1ncn(-c2ncc(C)c3c(C(=O)C(=O)N4CCN(C(=O)c5ccccc5)CC4)cn(COP(=O)([O-])O)c23)n1.[NH3+]C(CO)(CO)CO. The Labute approximate surface area is 274 Å². The number of carbonyl (C=O) groups excluding carboxylic acids is 3. The van der Waals surface area contributed by atoms with Crippen molar-refractivity contribution in [1.82, 2.24) is 34.1 Å². The molecule has 5 rings (SSSR count). The van der Waals surface area contributed by atoms with Gasteiger partial charge in [0.15, 0.2) is 11.4 Å². The summed E-state index contributed by atoms with van der Waals surface area (Å²) in [5.74, 6) is -1.09. The molecular formula is C29H37N8O10P. The number of ketones is 1. The third-order valence-corrected chi connectivity index (χ3v) is 8.01. The zero-order chi connectivity index (χ0) is 35.2. The van der Waals surface area contributed by atoms with Crippen LogP contribution in [0.2, 0.25) is 0 Å². The summed E-state index contributed by atoms with van der Waals surface area (Å²) in [5.41, 5.74) is 3.76. The first-order chi connectivity index (χ1) is 22.7. The molecule has 258 valence electrons. The molecule has 1 aromatic carbocycles. The van der Waals surface area contributed by atoms with Crippen molar-refractivity contribution in [3.05, 3.63) is 71.6 Å². The van der Waals surface area contributed by atoms with Gasteiger partial charge in [-0.15, -0.1) is 0 Å². The second-order valence-corrected chi connectivity index (χ2v) is 12.4. The Hall–Kier alpha value is -4.39. The number of Topliss-reactive ketones (excluding diaryl/α,β-unsaturated/α-hetero) is 1. The van der Waals surface area contributed by atoms with Crippen LogP contribution in [0, 0.1) is 13.8 Å². The Bertz CT molecular complexity index is 1800. The molecule has 1 saturated heterocycles. The number of quaternary nitrogens is 1. The van der Waals surface area contributed by atoms with Crippen molar-refractivity contribution in [1.29, 1.82) is 0 Å². The number of carbonyl (C=O) groups is 3. The number of amides is 2. The number of phosphoric ester groups is 1. The third-order valence-electron chi connectivity index (χ3n) is 7.57. The molecule has 0 spiro atoms. The maximum Gasteiger partial charge on any atom is 0.295 e. The molecule has 19 heteroatoms. The molecule has 4 aromatic rings. The summed E-state index contributed by atoms with van der Waals surface area (Å²) in [6, 6.07) is 8.81. The zero-order valence-corrected chi connectivity index (χ0v) is 27.2. The van der Waals surface area contributed by atoms with E-state index in [1.165, 1.54) is 32.9 Å². The maximum atomic E-state index is 13.6. The first-order valence-corrected chi connectivity index (χ1v) is 16.1. The molecule has 1 atom stereocenters. The van der Waals surface area contributed by atoms with Crippen LogP contribution in [0.15, 0.2) is 49.1 Å². The smallest absolute Gasteiger partial charge is 0.295 e. The monoisotopic (exact) mass is 688 g/mol. The van der Waals surface area contributed by atoms with E-state index < -0.39 is 31.8 Å². The second kappa shape index (κ2) is 15.2. The van der Waals surface area contributed by atoms with Crippen LogP contribution in [0.25, 0.3) is 16.7 Å². The molecular weight excluding hydrogens is 651 g/mol. The van der Waals surface area contributed by atoms with Crippen molar-refractivity contribution in [3.8, 4) is 5.82 Å². The molecule has 1 aliphatic heterocycles. The number of hydrogen-bond donors (Lipinski definition) is 5. The highest BCUT2D eigenvalue weighted by molar-refractivity contribution is 7.44. The molecule has 4 heterocycles. The van der Waals surface area contributed by atoms with Gasteiger partial charge in [0.05, 0.1) is 11.1 Å². The van der Waals surface area contributed by atoms with E-state index in [9.17, 15) is 23.8 Å². The van der Waals surface area contributed by atoms with E-state index >= 15 is 0 Å². The standard InChI is InChI=1S/C25H26N7O7P.C4H11NO3/c1-16-12-26-23(32-14-27-17(2)28-32)21-20(16)19(13-31(21)15-39-40(36,37)38)22(33)25(35)30-10-8-29(9-11-30)24(34)18-6-4-3-5-7-18;5-4(1-6,2-7)3-8/h3-7,12-14H,8-11,15H2,1-2H3,(H2,36,37,38);6-8H,1-3,5H2. The minimum atomic E-state index is -5.11. The minimum Gasteiger partial charge on any atom is -0.756 e. The lowest BCUT2D eigenvalue weighted by Gasteiger charge is -2.34. The molecule has 3 aromatic heterocycles. The molecule has 1 fully saturated rings. The van der Waals surface area contributed by atoms with Crippen LogP contribution in [0.3, 0.4) is 0 Å². The van der Waals surface area contributed by atoms with Crippen LogP contribution in [-0.4, -0.2) is 123 Å². The van der Waals surface area contributed by atoms with Gasteiger partial charge in [-0.3, -0.25) is 23.5 Å². The fourth-order valence-corrected chi connectivity index (χ4v) is 5.06. The van der Waals surface area contributed by atoms with Crippen LogP contribution in [0.5, 0.6) is 0 Å². The van der Waals surface area contributed by atoms with Gasteiger partial charge >= 0.3 is 0 Å². The number of pyridine rings is 1. The average molecular weight is 689 g/mol. The van der Waals surface area contributed by atoms with Crippen molar-refractivity contribution in [2.45, 2.75) is 26.1 Å². The van der Waals surface area contributed by atoms with Gasteiger partial charge in [-0.2, -0.15) is 5.10 Å². The number of phosphoric acid groups is 1. The molecule has 18 nitrogen and oxygen atoms in total. The van der Waals surface area contributed by atoms with Gasteiger partial charge < -0.3 is 45.2 Å². The summed E-state index contributed by atoms with van der Waals surface area (Å²) in [7, 11) is -5.11. The Morgan fingerprint density at radius 3 is 2.12 bits per heavy atom. The summed E-state index contributed by atoms with van der Waals surface area (Å²) < 4.78 is 18.5. The van der Waals surface area contributed by atoms with Gasteiger partial charge in [0.2, 0.25) is 0 Å². The molecule has 1 unspecified atom stereocenters. The lowest BCUT2D eigenvalue weighted by Crippen LogP contribution is -2.78. The predicted octanol–water partition coefficient (Wildman–Crippen LogP) is -2.22. The van der Waals surface area contributed by atoms with E-state index in [1.807, 2.05) is 6.07 Å². The molecule has 0 aliphatic carbocycles. The number of rotatable bonds is 10. The lowest BCUT2D eigenvalue weighted by atomic mass is 10.1. The molecule has 1 aliphatic rings. The van der Waals surface area contributed by atoms with Crippen LogP contribution in [0.4, 0.5) is 0 Å². The van der Waals surface area contributed by atoms with Gasteiger partial charge in [0, 0.05) is 49.5 Å². The van der Waals surface area contributed by atoms with E-state index in [1.54, 1.807) is 43.0 Å². The number of aliphatic hydroxyl groups excluding tert-OH is 3. The first kappa shape index (κ1) is 36.4. The van der Waals surface area contributed by atoms with Crippen LogP contribution in [0.1, 0.15) is 32.1 Å². The highest BCUT2D eigenvalue weighted by Gasteiger charge is 2.32. The third kappa shape index (κ3) is 8.36. The first-order valence-electron chi connectivity index (χ1n) is 14.6. The number of aromatic nitrogens is 5.